The molecular weight excluding hydrogens is 208 g/mol. The maximum absolute atomic E-state index is 5.33. The van der Waals surface area contributed by atoms with E-state index in [4.69, 9.17) is 4.74 Å². The molecule has 1 aliphatic rings. The quantitative estimate of drug-likeness (QED) is 0.853. The van der Waals surface area contributed by atoms with Crippen LogP contribution >= 0.6 is 11.3 Å². The van der Waals surface area contributed by atoms with Crippen LogP contribution in [0.25, 0.3) is 0 Å². The summed E-state index contributed by atoms with van der Waals surface area (Å²) in [6.45, 7) is 5.07. The number of hydrogen-bond donors (Lipinski definition) is 1. The van der Waals surface area contributed by atoms with E-state index in [9.17, 15) is 0 Å². The molecule has 1 aliphatic heterocycles. The first kappa shape index (κ1) is 11.0. The third-order valence-electron chi connectivity index (χ3n) is 2.81. The first-order chi connectivity index (χ1) is 7.36. The van der Waals surface area contributed by atoms with Crippen LogP contribution in [0.2, 0.25) is 0 Å². The maximum atomic E-state index is 5.33. The van der Waals surface area contributed by atoms with Gasteiger partial charge in [0, 0.05) is 43.3 Å². The second-order valence-electron chi connectivity index (χ2n) is 4.07. The van der Waals surface area contributed by atoms with Gasteiger partial charge in [-0.15, -0.1) is 11.3 Å². The lowest BCUT2D eigenvalue weighted by atomic mass is 10.1. The Morgan fingerprint density at radius 2 is 2.40 bits per heavy atom. The molecule has 84 valence electrons. The SMILES string of the molecule is CC(CNC1CCOCC1)c1nccs1. The Labute approximate surface area is 94.9 Å². The van der Waals surface area contributed by atoms with E-state index in [0.717, 1.165) is 32.6 Å². The summed E-state index contributed by atoms with van der Waals surface area (Å²) in [4.78, 5) is 4.33. The second kappa shape index (κ2) is 5.58. The average Bonchev–Trinajstić information content (AvgIpc) is 2.81. The Kier molecular flexibility index (Phi) is 4.11. The first-order valence-electron chi connectivity index (χ1n) is 5.57. The van der Waals surface area contributed by atoms with Crippen molar-refractivity contribution in [3.8, 4) is 0 Å². The van der Waals surface area contributed by atoms with E-state index in [1.807, 2.05) is 11.6 Å². The summed E-state index contributed by atoms with van der Waals surface area (Å²) in [5, 5.41) is 6.87. The standard InChI is InChI=1S/C11H18N2OS/c1-9(11-12-4-7-15-11)8-13-10-2-5-14-6-3-10/h4,7,9-10,13H,2-3,5-6,8H2,1H3. The van der Waals surface area contributed by atoms with Gasteiger partial charge in [0.05, 0.1) is 5.01 Å². The van der Waals surface area contributed by atoms with Gasteiger partial charge < -0.3 is 10.1 Å². The number of aromatic nitrogens is 1. The van der Waals surface area contributed by atoms with E-state index in [1.165, 1.54) is 5.01 Å². The van der Waals surface area contributed by atoms with Crippen molar-refractivity contribution in [2.45, 2.75) is 31.7 Å². The summed E-state index contributed by atoms with van der Waals surface area (Å²) in [5.74, 6) is 0.521. The number of nitrogens with one attached hydrogen (secondary N) is 1. The highest BCUT2D eigenvalue weighted by molar-refractivity contribution is 7.09. The summed E-state index contributed by atoms with van der Waals surface area (Å²) >= 11 is 1.74. The van der Waals surface area contributed by atoms with E-state index in [2.05, 4.69) is 17.2 Å². The molecule has 1 N–H and O–H groups in total. The van der Waals surface area contributed by atoms with Crippen LogP contribution in [0.4, 0.5) is 0 Å². The van der Waals surface area contributed by atoms with Crippen LogP contribution in [0.5, 0.6) is 0 Å². The van der Waals surface area contributed by atoms with Crippen molar-refractivity contribution in [3.63, 3.8) is 0 Å². The Bertz CT molecular complexity index is 270. The van der Waals surface area contributed by atoms with Crippen molar-refractivity contribution in [2.75, 3.05) is 19.8 Å². The summed E-state index contributed by atoms with van der Waals surface area (Å²) < 4.78 is 5.33. The molecule has 0 bridgehead atoms. The van der Waals surface area contributed by atoms with Crippen molar-refractivity contribution in [2.24, 2.45) is 0 Å². The molecule has 1 aromatic rings. The van der Waals surface area contributed by atoms with Crippen LogP contribution < -0.4 is 5.32 Å². The number of rotatable bonds is 4. The zero-order chi connectivity index (χ0) is 10.5. The molecule has 4 heteroatoms. The van der Waals surface area contributed by atoms with E-state index in [0.29, 0.717) is 12.0 Å². The van der Waals surface area contributed by atoms with E-state index in [-0.39, 0.29) is 0 Å². The van der Waals surface area contributed by atoms with Crippen LogP contribution in [-0.2, 0) is 4.74 Å². The molecule has 1 saturated heterocycles. The van der Waals surface area contributed by atoms with Crippen molar-refractivity contribution in [1.82, 2.24) is 10.3 Å². The third-order valence-corrected chi connectivity index (χ3v) is 3.81. The van der Waals surface area contributed by atoms with Crippen molar-refractivity contribution >= 4 is 11.3 Å². The Balaban J connectivity index is 1.73. The fourth-order valence-electron chi connectivity index (χ4n) is 1.81. The van der Waals surface area contributed by atoms with Gasteiger partial charge in [0.2, 0.25) is 0 Å². The Morgan fingerprint density at radius 3 is 3.07 bits per heavy atom. The molecule has 0 radical (unpaired) electrons. The summed E-state index contributed by atoms with van der Waals surface area (Å²) in [7, 11) is 0. The van der Waals surface area contributed by atoms with Gasteiger partial charge in [-0.1, -0.05) is 6.92 Å². The zero-order valence-electron chi connectivity index (χ0n) is 9.11. The van der Waals surface area contributed by atoms with Crippen LogP contribution in [0.15, 0.2) is 11.6 Å². The molecular formula is C11H18N2OS. The molecule has 0 aromatic carbocycles. The lowest BCUT2D eigenvalue weighted by molar-refractivity contribution is 0.0777. The number of ether oxygens (including phenoxy) is 1. The van der Waals surface area contributed by atoms with E-state index >= 15 is 0 Å². The van der Waals surface area contributed by atoms with Crippen LogP contribution in [0.1, 0.15) is 30.7 Å². The lowest BCUT2D eigenvalue weighted by Crippen LogP contribution is -2.36. The molecule has 2 rings (SSSR count). The zero-order valence-corrected chi connectivity index (χ0v) is 9.93. The molecule has 2 heterocycles. The Hall–Kier alpha value is -0.450. The normalized spacial score (nSPS) is 20.3. The predicted molar refractivity (Wildman–Crippen MR) is 62.4 cm³/mol. The molecule has 1 atom stereocenters. The molecule has 15 heavy (non-hydrogen) atoms. The largest absolute Gasteiger partial charge is 0.381 e. The van der Waals surface area contributed by atoms with Crippen LogP contribution in [-0.4, -0.2) is 30.8 Å². The van der Waals surface area contributed by atoms with Gasteiger partial charge in [-0.3, -0.25) is 0 Å². The van der Waals surface area contributed by atoms with E-state index in [1.54, 1.807) is 11.3 Å². The highest BCUT2D eigenvalue weighted by Crippen LogP contribution is 2.17. The van der Waals surface area contributed by atoms with Gasteiger partial charge in [-0.2, -0.15) is 0 Å². The minimum absolute atomic E-state index is 0.521. The highest BCUT2D eigenvalue weighted by atomic mass is 32.1. The highest BCUT2D eigenvalue weighted by Gasteiger charge is 2.15. The van der Waals surface area contributed by atoms with Gasteiger partial charge in [-0.05, 0) is 12.8 Å². The topological polar surface area (TPSA) is 34.1 Å². The van der Waals surface area contributed by atoms with E-state index < -0.39 is 0 Å². The fourth-order valence-corrected chi connectivity index (χ4v) is 2.51. The predicted octanol–water partition coefficient (Wildman–Crippen LogP) is 2.02. The van der Waals surface area contributed by atoms with Crippen LogP contribution in [0.3, 0.4) is 0 Å². The molecule has 0 aliphatic carbocycles. The maximum Gasteiger partial charge on any atom is 0.0965 e. The number of hydrogen-bond acceptors (Lipinski definition) is 4. The first-order valence-corrected chi connectivity index (χ1v) is 6.44. The molecule has 3 nitrogen and oxygen atoms in total. The molecule has 0 amide bonds. The van der Waals surface area contributed by atoms with Crippen molar-refractivity contribution in [1.29, 1.82) is 0 Å². The minimum atomic E-state index is 0.521. The van der Waals surface area contributed by atoms with Crippen LogP contribution in [0, 0.1) is 0 Å². The molecule has 0 saturated carbocycles. The monoisotopic (exact) mass is 226 g/mol. The van der Waals surface area contributed by atoms with Crippen molar-refractivity contribution in [3.05, 3.63) is 16.6 Å². The number of nitrogens with zero attached hydrogens (tertiary/aromatic N) is 1. The molecule has 1 aromatic heterocycles. The van der Waals surface area contributed by atoms with Crippen molar-refractivity contribution < 1.29 is 4.74 Å². The van der Waals surface area contributed by atoms with Gasteiger partial charge in [0.15, 0.2) is 0 Å². The average molecular weight is 226 g/mol. The Morgan fingerprint density at radius 1 is 1.60 bits per heavy atom. The summed E-state index contributed by atoms with van der Waals surface area (Å²) in [6.07, 6.45) is 4.17. The van der Waals surface area contributed by atoms with Gasteiger partial charge in [0.1, 0.15) is 0 Å². The third kappa shape index (κ3) is 3.26. The summed E-state index contributed by atoms with van der Waals surface area (Å²) in [5.41, 5.74) is 0. The molecule has 0 spiro atoms. The van der Waals surface area contributed by atoms with Gasteiger partial charge >= 0.3 is 0 Å². The summed E-state index contributed by atoms with van der Waals surface area (Å²) in [6, 6.07) is 0.640. The minimum Gasteiger partial charge on any atom is -0.381 e. The fraction of sp³-hybridized carbons (Fsp3) is 0.727. The van der Waals surface area contributed by atoms with Gasteiger partial charge in [0.25, 0.3) is 0 Å². The number of thiazole rings is 1. The molecule has 1 unspecified atom stereocenters. The molecule has 1 fully saturated rings. The lowest BCUT2D eigenvalue weighted by Gasteiger charge is -2.24. The van der Waals surface area contributed by atoms with Gasteiger partial charge in [-0.25, -0.2) is 4.98 Å². The second-order valence-corrected chi connectivity index (χ2v) is 4.99. The smallest absolute Gasteiger partial charge is 0.0965 e.